The Morgan fingerprint density at radius 3 is 2.82 bits per heavy atom. The first-order valence-electron chi connectivity index (χ1n) is 4.88. The van der Waals surface area contributed by atoms with E-state index >= 15 is 0 Å². The van der Waals surface area contributed by atoms with Crippen molar-refractivity contribution in [2.75, 3.05) is 7.11 Å². The van der Waals surface area contributed by atoms with Gasteiger partial charge in [-0.15, -0.1) is 0 Å². The maximum atomic E-state index is 11.6. The van der Waals surface area contributed by atoms with Gasteiger partial charge in [0.15, 0.2) is 0 Å². The molecular weight excluding hydrogens is 242 g/mol. The molecule has 1 aromatic carbocycles. The van der Waals surface area contributed by atoms with E-state index in [1.807, 2.05) is 0 Å². The van der Waals surface area contributed by atoms with Crippen LogP contribution in [0.5, 0.6) is 0 Å². The Kier molecular flexibility index (Phi) is 3.10. The first-order valence-corrected chi connectivity index (χ1v) is 5.26. The van der Waals surface area contributed by atoms with Crippen LogP contribution in [0.4, 0.5) is 0 Å². The summed E-state index contributed by atoms with van der Waals surface area (Å²) < 4.78 is 6.21. The van der Waals surface area contributed by atoms with Crippen LogP contribution >= 0.6 is 11.6 Å². The van der Waals surface area contributed by atoms with E-state index in [1.54, 1.807) is 25.1 Å². The summed E-state index contributed by atoms with van der Waals surface area (Å²) in [5, 5.41) is 4.61. The Morgan fingerprint density at radius 1 is 1.47 bits per heavy atom. The summed E-state index contributed by atoms with van der Waals surface area (Å²) in [6.45, 7) is 1.77. The predicted molar refractivity (Wildman–Crippen MR) is 62.4 cm³/mol. The van der Waals surface area contributed by atoms with Crippen molar-refractivity contribution in [3.8, 4) is 5.69 Å². The summed E-state index contributed by atoms with van der Waals surface area (Å²) in [4.78, 5) is 15.6. The number of carbonyl (C=O) groups is 1. The third-order valence-corrected chi connectivity index (χ3v) is 2.45. The molecule has 0 aliphatic heterocycles. The number of halogens is 1. The van der Waals surface area contributed by atoms with Crippen LogP contribution in [0.3, 0.4) is 0 Å². The topological polar surface area (TPSA) is 57.0 Å². The molecular formula is C11H10ClN3O2. The number of methoxy groups -OCH3 is 1. The fraction of sp³-hybridized carbons (Fsp3) is 0.182. The van der Waals surface area contributed by atoms with Gasteiger partial charge in [0.2, 0.25) is 0 Å². The summed E-state index contributed by atoms with van der Waals surface area (Å²) in [5.74, 6) is 0.159. The van der Waals surface area contributed by atoms with Gasteiger partial charge in [0.1, 0.15) is 12.2 Å². The SMILES string of the molecule is COC(=O)c1cc(Cl)ccc1-n1cnc(C)n1. The fourth-order valence-corrected chi connectivity index (χ4v) is 1.62. The number of aromatic nitrogens is 3. The molecule has 0 radical (unpaired) electrons. The molecule has 0 aliphatic rings. The van der Waals surface area contributed by atoms with E-state index in [4.69, 9.17) is 16.3 Å². The smallest absolute Gasteiger partial charge is 0.340 e. The highest BCUT2D eigenvalue weighted by Crippen LogP contribution is 2.19. The third kappa shape index (κ3) is 2.29. The number of nitrogens with zero attached hydrogens (tertiary/aromatic N) is 3. The molecule has 0 N–H and O–H groups in total. The average Bonchev–Trinajstić information content (AvgIpc) is 2.74. The Morgan fingerprint density at radius 2 is 2.24 bits per heavy atom. The van der Waals surface area contributed by atoms with Gasteiger partial charge >= 0.3 is 5.97 Å². The van der Waals surface area contributed by atoms with Gasteiger partial charge in [-0.25, -0.2) is 14.5 Å². The lowest BCUT2D eigenvalue weighted by Crippen LogP contribution is -2.08. The second-order valence-electron chi connectivity index (χ2n) is 3.39. The quantitative estimate of drug-likeness (QED) is 0.766. The molecule has 0 saturated heterocycles. The minimum Gasteiger partial charge on any atom is -0.465 e. The van der Waals surface area contributed by atoms with Crippen LogP contribution < -0.4 is 0 Å². The molecule has 0 saturated carbocycles. The van der Waals surface area contributed by atoms with Crippen molar-refractivity contribution < 1.29 is 9.53 Å². The van der Waals surface area contributed by atoms with Crippen LogP contribution in [0.15, 0.2) is 24.5 Å². The monoisotopic (exact) mass is 251 g/mol. The van der Waals surface area contributed by atoms with E-state index in [-0.39, 0.29) is 0 Å². The molecule has 17 heavy (non-hydrogen) atoms. The molecule has 1 heterocycles. The summed E-state index contributed by atoms with van der Waals surface area (Å²) in [6.07, 6.45) is 1.53. The highest BCUT2D eigenvalue weighted by atomic mass is 35.5. The number of esters is 1. The molecule has 2 rings (SSSR count). The fourth-order valence-electron chi connectivity index (χ4n) is 1.44. The van der Waals surface area contributed by atoms with Crippen LogP contribution in [0.1, 0.15) is 16.2 Å². The van der Waals surface area contributed by atoms with E-state index in [0.29, 0.717) is 22.1 Å². The van der Waals surface area contributed by atoms with Gasteiger partial charge in [-0.05, 0) is 25.1 Å². The molecule has 0 unspecified atom stereocenters. The molecule has 0 atom stereocenters. The lowest BCUT2D eigenvalue weighted by Gasteiger charge is -2.07. The molecule has 0 fully saturated rings. The largest absolute Gasteiger partial charge is 0.465 e. The Labute approximate surface area is 103 Å². The normalized spacial score (nSPS) is 10.3. The van der Waals surface area contributed by atoms with Crippen molar-refractivity contribution in [2.45, 2.75) is 6.92 Å². The first-order chi connectivity index (χ1) is 8.11. The Balaban J connectivity index is 2.57. The molecule has 5 nitrogen and oxygen atoms in total. The number of benzene rings is 1. The number of aryl methyl sites for hydroxylation is 1. The van der Waals surface area contributed by atoms with E-state index in [2.05, 4.69) is 10.1 Å². The van der Waals surface area contributed by atoms with Gasteiger partial charge in [-0.2, -0.15) is 5.10 Å². The second kappa shape index (κ2) is 4.55. The number of rotatable bonds is 2. The number of carbonyl (C=O) groups excluding carboxylic acids is 1. The molecule has 2 aromatic rings. The van der Waals surface area contributed by atoms with Crippen molar-refractivity contribution in [1.29, 1.82) is 0 Å². The van der Waals surface area contributed by atoms with Crippen molar-refractivity contribution in [3.63, 3.8) is 0 Å². The molecule has 88 valence electrons. The summed E-state index contributed by atoms with van der Waals surface area (Å²) in [7, 11) is 1.32. The highest BCUT2D eigenvalue weighted by molar-refractivity contribution is 6.31. The molecule has 0 amide bonds. The van der Waals surface area contributed by atoms with Crippen molar-refractivity contribution >= 4 is 17.6 Å². The number of ether oxygens (including phenoxy) is 1. The lowest BCUT2D eigenvalue weighted by atomic mass is 10.2. The summed E-state index contributed by atoms with van der Waals surface area (Å²) >= 11 is 5.86. The van der Waals surface area contributed by atoms with Crippen molar-refractivity contribution in [2.24, 2.45) is 0 Å². The van der Waals surface area contributed by atoms with E-state index < -0.39 is 5.97 Å². The molecule has 0 bridgehead atoms. The minimum absolute atomic E-state index is 0.352. The minimum atomic E-state index is -0.462. The zero-order chi connectivity index (χ0) is 12.4. The van der Waals surface area contributed by atoms with Crippen molar-refractivity contribution in [3.05, 3.63) is 40.9 Å². The van der Waals surface area contributed by atoms with Gasteiger partial charge < -0.3 is 4.74 Å². The molecule has 6 heteroatoms. The average molecular weight is 252 g/mol. The van der Waals surface area contributed by atoms with Crippen LogP contribution in [0.25, 0.3) is 5.69 Å². The number of hydrogen-bond donors (Lipinski definition) is 0. The third-order valence-electron chi connectivity index (χ3n) is 2.22. The van der Waals surface area contributed by atoms with Gasteiger partial charge in [0.25, 0.3) is 0 Å². The molecule has 1 aromatic heterocycles. The van der Waals surface area contributed by atoms with Gasteiger partial charge in [-0.3, -0.25) is 0 Å². The van der Waals surface area contributed by atoms with Gasteiger partial charge in [0.05, 0.1) is 18.4 Å². The van der Waals surface area contributed by atoms with E-state index in [1.165, 1.54) is 18.1 Å². The second-order valence-corrected chi connectivity index (χ2v) is 3.83. The molecule has 0 aliphatic carbocycles. The standard InChI is InChI=1S/C11H10ClN3O2/c1-7-13-6-15(14-7)10-4-3-8(12)5-9(10)11(16)17-2/h3-6H,1-2H3. The van der Waals surface area contributed by atoms with E-state index in [9.17, 15) is 4.79 Å². The molecule has 0 spiro atoms. The zero-order valence-electron chi connectivity index (χ0n) is 9.35. The van der Waals surface area contributed by atoms with Crippen LogP contribution in [-0.2, 0) is 4.74 Å². The summed E-state index contributed by atoms with van der Waals surface area (Å²) in [5.41, 5.74) is 0.937. The maximum absolute atomic E-state index is 11.6. The predicted octanol–water partition coefficient (Wildman–Crippen LogP) is 2.02. The Hall–Kier alpha value is -1.88. The Bertz CT molecular complexity index is 566. The lowest BCUT2D eigenvalue weighted by molar-refractivity contribution is 0.0600. The van der Waals surface area contributed by atoms with Crippen LogP contribution in [-0.4, -0.2) is 27.8 Å². The van der Waals surface area contributed by atoms with E-state index in [0.717, 1.165) is 0 Å². The van der Waals surface area contributed by atoms with Crippen LogP contribution in [0, 0.1) is 6.92 Å². The van der Waals surface area contributed by atoms with Gasteiger partial charge in [0, 0.05) is 5.02 Å². The number of hydrogen-bond acceptors (Lipinski definition) is 4. The maximum Gasteiger partial charge on any atom is 0.340 e. The highest BCUT2D eigenvalue weighted by Gasteiger charge is 2.14. The van der Waals surface area contributed by atoms with Gasteiger partial charge in [-0.1, -0.05) is 11.6 Å². The zero-order valence-corrected chi connectivity index (χ0v) is 10.1. The van der Waals surface area contributed by atoms with Crippen molar-refractivity contribution in [1.82, 2.24) is 14.8 Å². The van der Waals surface area contributed by atoms with Crippen LogP contribution in [0.2, 0.25) is 5.02 Å². The summed E-state index contributed by atoms with van der Waals surface area (Å²) in [6, 6.07) is 4.92. The first kappa shape index (κ1) is 11.6.